The Balaban J connectivity index is 4.38. The summed E-state index contributed by atoms with van der Waals surface area (Å²) in [6.45, 7) is 9.53. The first-order chi connectivity index (χ1) is 8.14. The lowest BCUT2D eigenvalue weighted by atomic mass is 10.4. The molecule has 0 saturated heterocycles. The molecule has 0 aromatic rings. The van der Waals surface area contributed by atoms with E-state index >= 15 is 0 Å². The molecule has 3 nitrogen and oxygen atoms in total. The maximum absolute atomic E-state index is 5.89. The van der Waals surface area contributed by atoms with Crippen molar-refractivity contribution >= 4 is 18.4 Å². The fourth-order valence-corrected chi connectivity index (χ4v) is 4.37. The van der Waals surface area contributed by atoms with Crippen LogP contribution in [0.3, 0.4) is 0 Å². The number of hydrogen-bond acceptors (Lipinski definition) is 3. The molecule has 0 spiro atoms. The van der Waals surface area contributed by atoms with Gasteiger partial charge < -0.3 is 9.05 Å². The largest absolute Gasteiger partial charge is 0.318 e. The molecule has 0 unspecified atom stereocenters. The van der Waals surface area contributed by atoms with E-state index in [1.165, 1.54) is 0 Å². The molecule has 0 aliphatic carbocycles. The Hall–Kier alpha value is 0.530. The molecule has 17 heavy (non-hydrogen) atoms. The highest BCUT2D eigenvalue weighted by molar-refractivity contribution is 8.08. The summed E-state index contributed by atoms with van der Waals surface area (Å²) in [5, 5.41) is 0. The van der Waals surface area contributed by atoms with Crippen LogP contribution in [0, 0.1) is 0 Å². The quantitative estimate of drug-likeness (QED) is 0.418. The van der Waals surface area contributed by atoms with Crippen LogP contribution >= 0.6 is 6.64 Å². The molecule has 104 valence electrons. The Morgan fingerprint density at radius 3 is 1.59 bits per heavy atom. The van der Waals surface area contributed by atoms with Gasteiger partial charge in [0.05, 0.1) is 13.2 Å². The summed E-state index contributed by atoms with van der Waals surface area (Å²) in [5.41, 5.74) is 0. The first-order valence-electron chi connectivity index (χ1n) is 6.79. The minimum atomic E-state index is -2.22. The standard InChI is InChI=1S/C12H28NO2PS/c1-5-9-11-14-16(17,13(7-3)8-4)15-12-10-6-2/h5-12H2,1-4H3. The van der Waals surface area contributed by atoms with Crippen molar-refractivity contribution in [1.29, 1.82) is 0 Å². The van der Waals surface area contributed by atoms with Gasteiger partial charge in [0.25, 0.3) is 6.64 Å². The second-order valence-electron chi connectivity index (χ2n) is 3.98. The summed E-state index contributed by atoms with van der Waals surface area (Å²) in [5.74, 6) is 0. The molecule has 0 aromatic carbocycles. The molecule has 0 N–H and O–H groups in total. The summed E-state index contributed by atoms with van der Waals surface area (Å²) in [7, 11) is 0. The van der Waals surface area contributed by atoms with Crippen LogP contribution in [0.15, 0.2) is 0 Å². The van der Waals surface area contributed by atoms with E-state index in [1.54, 1.807) is 0 Å². The molecular weight excluding hydrogens is 253 g/mol. The number of unbranched alkanes of at least 4 members (excludes halogenated alkanes) is 2. The average Bonchev–Trinajstić information content (AvgIpc) is 2.31. The Morgan fingerprint density at radius 2 is 1.29 bits per heavy atom. The fraction of sp³-hybridized carbons (Fsp3) is 1.00. The molecule has 0 amide bonds. The Labute approximate surface area is 112 Å². The summed E-state index contributed by atoms with van der Waals surface area (Å²) in [6.07, 6.45) is 4.36. The number of nitrogens with zero attached hydrogens (tertiary/aromatic N) is 1. The molecule has 0 atom stereocenters. The first-order valence-corrected chi connectivity index (χ1v) is 9.38. The van der Waals surface area contributed by atoms with Crippen LogP contribution in [0.2, 0.25) is 0 Å². The lowest BCUT2D eigenvalue weighted by Crippen LogP contribution is -2.23. The molecule has 0 radical (unpaired) electrons. The predicted molar refractivity (Wildman–Crippen MR) is 78.9 cm³/mol. The van der Waals surface area contributed by atoms with Gasteiger partial charge >= 0.3 is 0 Å². The Kier molecular flexibility index (Phi) is 10.8. The molecule has 0 saturated carbocycles. The molecule has 0 fully saturated rings. The number of hydrogen-bond donors (Lipinski definition) is 0. The monoisotopic (exact) mass is 281 g/mol. The average molecular weight is 281 g/mol. The zero-order valence-corrected chi connectivity index (χ0v) is 13.5. The summed E-state index contributed by atoms with van der Waals surface area (Å²) >= 11 is 5.64. The molecule has 5 heteroatoms. The molecule has 0 aromatic heterocycles. The third-order valence-electron chi connectivity index (χ3n) is 2.58. The van der Waals surface area contributed by atoms with Crippen LogP contribution in [0.4, 0.5) is 0 Å². The van der Waals surface area contributed by atoms with E-state index in [-0.39, 0.29) is 0 Å². The van der Waals surface area contributed by atoms with E-state index in [0.717, 1.165) is 52.0 Å². The van der Waals surface area contributed by atoms with Crippen molar-refractivity contribution in [3.05, 3.63) is 0 Å². The van der Waals surface area contributed by atoms with Crippen LogP contribution in [-0.4, -0.2) is 31.0 Å². The smallest absolute Gasteiger partial charge is 0.263 e. The first kappa shape index (κ1) is 17.5. The van der Waals surface area contributed by atoms with Crippen molar-refractivity contribution in [2.75, 3.05) is 26.3 Å². The van der Waals surface area contributed by atoms with Gasteiger partial charge in [0.15, 0.2) is 0 Å². The van der Waals surface area contributed by atoms with Crippen LogP contribution in [0.5, 0.6) is 0 Å². The van der Waals surface area contributed by atoms with Gasteiger partial charge in [-0.05, 0) is 24.6 Å². The van der Waals surface area contributed by atoms with Crippen molar-refractivity contribution in [3.63, 3.8) is 0 Å². The SMILES string of the molecule is CCCCOP(=S)(OCCCC)N(CC)CC. The second-order valence-corrected chi connectivity index (χ2v) is 7.38. The second kappa shape index (κ2) is 10.5. The van der Waals surface area contributed by atoms with Gasteiger partial charge in [0, 0.05) is 13.1 Å². The van der Waals surface area contributed by atoms with Crippen LogP contribution < -0.4 is 0 Å². The minimum Gasteiger partial charge on any atom is -0.318 e. The predicted octanol–water partition coefficient (Wildman–Crippen LogP) is 4.19. The van der Waals surface area contributed by atoms with E-state index < -0.39 is 6.64 Å². The van der Waals surface area contributed by atoms with Crippen molar-refractivity contribution < 1.29 is 9.05 Å². The topological polar surface area (TPSA) is 21.7 Å². The van der Waals surface area contributed by atoms with Gasteiger partial charge in [-0.15, -0.1) is 0 Å². The van der Waals surface area contributed by atoms with Gasteiger partial charge in [0.2, 0.25) is 0 Å². The van der Waals surface area contributed by atoms with Gasteiger partial charge in [0.1, 0.15) is 0 Å². The molecule has 0 aliphatic rings. The van der Waals surface area contributed by atoms with Crippen LogP contribution in [0.25, 0.3) is 0 Å². The third kappa shape index (κ3) is 6.88. The zero-order chi connectivity index (χ0) is 13.1. The lowest BCUT2D eigenvalue weighted by Gasteiger charge is -2.32. The highest BCUT2D eigenvalue weighted by atomic mass is 32.5. The molecule has 0 aliphatic heterocycles. The summed E-state index contributed by atoms with van der Waals surface area (Å²) < 4.78 is 13.9. The van der Waals surface area contributed by atoms with E-state index in [9.17, 15) is 0 Å². The molecule has 0 bridgehead atoms. The Morgan fingerprint density at radius 1 is 0.882 bits per heavy atom. The Bertz CT molecular complexity index is 209. The molecular formula is C12H28NO2PS. The van der Waals surface area contributed by atoms with Gasteiger partial charge in [-0.3, -0.25) is 0 Å². The third-order valence-corrected chi connectivity index (χ3v) is 6.18. The van der Waals surface area contributed by atoms with E-state index in [1.807, 2.05) is 0 Å². The summed E-state index contributed by atoms with van der Waals surface area (Å²) in [4.78, 5) is 0. The van der Waals surface area contributed by atoms with Gasteiger partial charge in [-0.25, -0.2) is 4.67 Å². The molecule has 0 heterocycles. The maximum atomic E-state index is 5.89. The molecule has 0 rings (SSSR count). The maximum Gasteiger partial charge on any atom is 0.263 e. The minimum absolute atomic E-state index is 0.719. The van der Waals surface area contributed by atoms with E-state index in [2.05, 4.69) is 32.4 Å². The van der Waals surface area contributed by atoms with Crippen molar-refractivity contribution in [2.24, 2.45) is 0 Å². The zero-order valence-electron chi connectivity index (χ0n) is 11.8. The number of rotatable bonds is 11. The van der Waals surface area contributed by atoms with Gasteiger partial charge in [-0.2, -0.15) is 0 Å². The highest BCUT2D eigenvalue weighted by Gasteiger charge is 2.25. The van der Waals surface area contributed by atoms with Crippen molar-refractivity contribution in [1.82, 2.24) is 4.67 Å². The summed E-state index contributed by atoms with van der Waals surface area (Å²) in [6, 6.07) is 0. The van der Waals surface area contributed by atoms with Crippen LogP contribution in [-0.2, 0) is 20.9 Å². The lowest BCUT2D eigenvalue weighted by molar-refractivity contribution is 0.200. The normalized spacial score (nSPS) is 12.3. The highest BCUT2D eigenvalue weighted by Crippen LogP contribution is 2.52. The van der Waals surface area contributed by atoms with E-state index in [0.29, 0.717) is 0 Å². The van der Waals surface area contributed by atoms with Gasteiger partial charge in [-0.1, -0.05) is 40.5 Å². The van der Waals surface area contributed by atoms with Crippen molar-refractivity contribution in [3.8, 4) is 0 Å². The van der Waals surface area contributed by atoms with Crippen molar-refractivity contribution in [2.45, 2.75) is 53.4 Å². The fourth-order valence-electron chi connectivity index (χ4n) is 1.42. The van der Waals surface area contributed by atoms with Crippen LogP contribution in [0.1, 0.15) is 53.4 Å². The van der Waals surface area contributed by atoms with E-state index in [4.69, 9.17) is 20.9 Å².